The Kier molecular flexibility index (Phi) is 2.70. The van der Waals surface area contributed by atoms with E-state index in [4.69, 9.17) is 0 Å². The molecule has 2 rings (SSSR count). The number of rotatable bonds is 2. The van der Waals surface area contributed by atoms with Gasteiger partial charge >= 0.3 is 0 Å². The number of nitrogens with zero attached hydrogens (tertiary/aromatic N) is 2. The molecule has 2 aromatic heterocycles. The van der Waals surface area contributed by atoms with Gasteiger partial charge in [-0.2, -0.15) is 0 Å². The number of aromatic nitrogens is 2. The number of thiazole rings is 1. The minimum atomic E-state index is -0.253. The second-order valence-electron chi connectivity index (χ2n) is 2.86. The van der Waals surface area contributed by atoms with Crippen LogP contribution in [0, 0.1) is 11.8 Å². The van der Waals surface area contributed by atoms with E-state index in [1.807, 2.05) is 16.0 Å². The zero-order valence-electron chi connectivity index (χ0n) is 8.15. The van der Waals surface area contributed by atoms with Crippen molar-refractivity contribution in [3.63, 3.8) is 0 Å². The van der Waals surface area contributed by atoms with Crippen LogP contribution in [0.4, 0.5) is 0 Å². The van der Waals surface area contributed by atoms with E-state index >= 15 is 0 Å². The second kappa shape index (κ2) is 4.15. The highest BCUT2D eigenvalue weighted by molar-refractivity contribution is 7.15. The Bertz CT molecular complexity index is 544. The summed E-state index contributed by atoms with van der Waals surface area (Å²) in [5.74, 6) is 4.73. The van der Waals surface area contributed by atoms with E-state index in [0.717, 1.165) is 10.7 Å². The fourth-order valence-electron chi connectivity index (χ4n) is 1.23. The van der Waals surface area contributed by atoms with Crippen molar-refractivity contribution in [3.8, 4) is 11.8 Å². The van der Waals surface area contributed by atoms with Crippen LogP contribution >= 0.6 is 11.3 Å². The van der Waals surface area contributed by atoms with Gasteiger partial charge in [0.15, 0.2) is 4.96 Å². The van der Waals surface area contributed by atoms with Gasteiger partial charge < -0.3 is 5.32 Å². The lowest BCUT2D eigenvalue weighted by Crippen LogP contribution is -2.21. The molecule has 0 spiro atoms. The minimum absolute atomic E-state index is 0.253. The number of carbonyl (C=O) groups excluding carboxylic acids is 1. The van der Waals surface area contributed by atoms with Crippen LogP contribution in [0.5, 0.6) is 0 Å². The first-order valence-corrected chi connectivity index (χ1v) is 5.29. The van der Waals surface area contributed by atoms with Crippen LogP contribution in [-0.2, 0) is 11.3 Å². The summed E-state index contributed by atoms with van der Waals surface area (Å²) < 4.78 is 1.95. The van der Waals surface area contributed by atoms with Gasteiger partial charge in [0.1, 0.15) is 0 Å². The molecule has 0 fully saturated rings. The second-order valence-corrected chi connectivity index (χ2v) is 3.70. The highest BCUT2D eigenvalue weighted by Crippen LogP contribution is 2.13. The van der Waals surface area contributed by atoms with Crippen LogP contribution in [0.15, 0.2) is 17.8 Å². The van der Waals surface area contributed by atoms with Crippen molar-refractivity contribution in [2.75, 3.05) is 0 Å². The Morgan fingerprint density at radius 2 is 2.60 bits per heavy atom. The minimum Gasteiger partial charge on any atom is -0.340 e. The van der Waals surface area contributed by atoms with Gasteiger partial charge in [0.25, 0.3) is 5.91 Å². The third-order valence-corrected chi connectivity index (χ3v) is 2.79. The van der Waals surface area contributed by atoms with Crippen LogP contribution in [0.1, 0.15) is 12.6 Å². The van der Waals surface area contributed by atoms with E-state index in [2.05, 4.69) is 22.1 Å². The van der Waals surface area contributed by atoms with Gasteiger partial charge in [-0.05, 0) is 12.8 Å². The topological polar surface area (TPSA) is 46.4 Å². The van der Waals surface area contributed by atoms with Gasteiger partial charge in [-0.25, -0.2) is 4.98 Å². The Morgan fingerprint density at radius 3 is 3.40 bits per heavy atom. The summed E-state index contributed by atoms with van der Waals surface area (Å²) in [6, 6.07) is 0. The predicted molar refractivity (Wildman–Crippen MR) is 58.4 cm³/mol. The average molecular weight is 219 g/mol. The maximum atomic E-state index is 11.1. The number of hydrogen-bond donors (Lipinski definition) is 1. The normalized spacial score (nSPS) is 9.67. The van der Waals surface area contributed by atoms with E-state index in [0.29, 0.717) is 6.54 Å². The SMILES string of the molecule is CC#CC(=O)NCc1csc2nccn12. The van der Waals surface area contributed by atoms with E-state index in [9.17, 15) is 4.79 Å². The van der Waals surface area contributed by atoms with Gasteiger partial charge in [-0.1, -0.05) is 5.92 Å². The summed E-state index contributed by atoms with van der Waals surface area (Å²) in [7, 11) is 0. The zero-order chi connectivity index (χ0) is 10.7. The van der Waals surface area contributed by atoms with E-state index < -0.39 is 0 Å². The van der Waals surface area contributed by atoms with Crippen molar-refractivity contribution in [3.05, 3.63) is 23.5 Å². The number of carbonyl (C=O) groups is 1. The maximum Gasteiger partial charge on any atom is 0.296 e. The molecule has 2 heterocycles. The molecule has 0 saturated carbocycles. The van der Waals surface area contributed by atoms with Gasteiger partial charge in [0.2, 0.25) is 0 Å². The molecule has 2 aromatic rings. The Morgan fingerprint density at radius 1 is 1.73 bits per heavy atom. The summed E-state index contributed by atoms with van der Waals surface area (Å²) in [6.45, 7) is 2.11. The lowest BCUT2D eigenvalue weighted by atomic mass is 10.4. The van der Waals surface area contributed by atoms with E-state index in [1.165, 1.54) is 0 Å². The third-order valence-electron chi connectivity index (χ3n) is 1.89. The van der Waals surface area contributed by atoms with E-state index in [1.54, 1.807) is 24.5 Å². The molecule has 5 heteroatoms. The molecule has 0 saturated heterocycles. The molecule has 0 bridgehead atoms. The summed E-state index contributed by atoms with van der Waals surface area (Å²) in [4.78, 5) is 16.2. The van der Waals surface area contributed by atoms with Crippen molar-refractivity contribution in [1.29, 1.82) is 0 Å². The molecule has 15 heavy (non-hydrogen) atoms. The van der Waals surface area contributed by atoms with Crippen LogP contribution in [0.3, 0.4) is 0 Å². The molecule has 1 amide bonds. The number of hydrogen-bond acceptors (Lipinski definition) is 3. The molecule has 0 radical (unpaired) electrons. The first kappa shape index (κ1) is 9.74. The first-order valence-electron chi connectivity index (χ1n) is 4.41. The summed E-state index contributed by atoms with van der Waals surface area (Å²) in [5.41, 5.74) is 1.01. The molecule has 4 nitrogen and oxygen atoms in total. The summed E-state index contributed by atoms with van der Waals surface area (Å²) in [6.07, 6.45) is 3.61. The fourth-order valence-corrected chi connectivity index (χ4v) is 2.08. The summed E-state index contributed by atoms with van der Waals surface area (Å²) in [5, 5.41) is 4.69. The molecule has 0 aliphatic heterocycles. The Hall–Kier alpha value is -1.80. The van der Waals surface area contributed by atoms with Crippen LogP contribution in [0.2, 0.25) is 0 Å². The monoisotopic (exact) mass is 219 g/mol. The molecule has 1 N–H and O–H groups in total. The molecular formula is C10H9N3OS. The average Bonchev–Trinajstić information content (AvgIpc) is 2.77. The number of amides is 1. The van der Waals surface area contributed by atoms with Gasteiger partial charge in [-0.15, -0.1) is 11.3 Å². The number of nitrogens with one attached hydrogen (secondary N) is 1. The van der Waals surface area contributed by atoms with Gasteiger partial charge in [-0.3, -0.25) is 9.20 Å². The van der Waals surface area contributed by atoms with Crippen LogP contribution in [0.25, 0.3) is 4.96 Å². The molecule has 0 atom stereocenters. The fraction of sp³-hybridized carbons (Fsp3) is 0.200. The first-order chi connectivity index (χ1) is 7.31. The molecule has 0 aliphatic carbocycles. The Balaban J connectivity index is 2.09. The van der Waals surface area contributed by atoms with Crippen molar-refractivity contribution in [2.24, 2.45) is 0 Å². The largest absolute Gasteiger partial charge is 0.340 e. The summed E-state index contributed by atoms with van der Waals surface area (Å²) >= 11 is 1.55. The van der Waals surface area contributed by atoms with Crippen LogP contribution in [-0.4, -0.2) is 15.3 Å². The molecule has 0 aromatic carbocycles. The van der Waals surface area contributed by atoms with Crippen molar-refractivity contribution < 1.29 is 4.79 Å². The highest BCUT2D eigenvalue weighted by Gasteiger charge is 2.04. The maximum absolute atomic E-state index is 11.1. The van der Waals surface area contributed by atoms with Crippen molar-refractivity contribution in [1.82, 2.24) is 14.7 Å². The number of fused-ring (bicyclic) bond motifs is 1. The van der Waals surface area contributed by atoms with Crippen molar-refractivity contribution >= 4 is 22.2 Å². The van der Waals surface area contributed by atoms with Crippen LogP contribution < -0.4 is 5.32 Å². The predicted octanol–water partition coefficient (Wildman–Crippen LogP) is 1.04. The lowest BCUT2D eigenvalue weighted by Gasteiger charge is -1.98. The smallest absolute Gasteiger partial charge is 0.296 e. The lowest BCUT2D eigenvalue weighted by molar-refractivity contribution is -0.115. The van der Waals surface area contributed by atoms with Gasteiger partial charge in [0, 0.05) is 17.8 Å². The standard InChI is InChI=1S/C10H9N3OS/c1-2-3-9(14)12-6-8-7-15-10-11-4-5-13(8)10/h4-5,7H,6H2,1H3,(H,12,14). The number of imidazole rings is 1. The van der Waals surface area contributed by atoms with E-state index in [-0.39, 0.29) is 5.91 Å². The molecule has 76 valence electrons. The highest BCUT2D eigenvalue weighted by atomic mass is 32.1. The van der Waals surface area contributed by atoms with Crippen molar-refractivity contribution in [2.45, 2.75) is 13.5 Å². The molecular weight excluding hydrogens is 210 g/mol. The van der Waals surface area contributed by atoms with Gasteiger partial charge in [0.05, 0.1) is 12.2 Å². The quantitative estimate of drug-likeness (QED) is 0.767. The zero-order valence-corrected chi connectivity index (χ0v) is 8.97. The third kappa shape index (κ3) is 2.00. The Labute approximate surface area is 90.9 Å². The molecule has 0 aliphatic rings. The molecule has 0 unspecified atom stereocenters.